The molecule has 1 aliphatic rings. The van der Waals surface area contributed by atoms with Gasteiger partial charge in [-0.1, -0.05) is 19.1 Å². The molecule has 0 aromatic heterocycles. The fraction of sp³-hybridized carbons (Fsp3) is 0.500. The van der Waals surface area contributed by atoms with Gasteiger partial charge in [0.05, 0.1) is 12.5 Å². The van der Waals surface area contributed by atoms with Crippen LogP contribution in [0, 0.1) is 5.92 Å². The molecule has 0 aliphatic heterocycles. The van der Waals surface area contributed by atoms with Crippen LogP contribution in [0.2, 0.25) is 0 Å². The van der Waals surface area contributed by atoms with Crippen molar-refractivity contribution >= 4 is 5.97 Å². The number of carbonyl (C=O) groups is 1. The zero-order valence-electron chi connectivity index (χ0n) is 10.1. The number of carboxylic acids is 1. The zero-order chi connectivity index (χ0) is 12.3. The average molecular weight is 234 g/mol. The molecule has 0 spiro atoms. The highest BCUT2D eigenvalue weighted by atomic mass is 16.5. The van der Waals surface area contributed by atoms with Crippen LogP contribution in [-0.4, -0.2) is 17.7 Å². The monoisotopic (exact) mass is 234 g/mol. The molecule has 17 heavy (non-hydrogen) atoms. The predicted molar refractivity (Wildman–Crippen MR) is 65.3 cm³/mol. The van der Waals surface area contributed by atoms with E-state index in [0.29, 0.717) is 12.5 Å². The van der Waals surface area contributed by atoms with Crippen molar-refractivity contribution < 1.29 is 14.6 Å². The first-order valence-electron chi connectivity index (χ1n) is 6.18. The van der Waals surface area contributed by atoms with Crippen LogP contribution in [0.1, 0.15) is 37.7 Å². The Hall–Kier alpha value is -1.51. The van der Waals surface area contributed by atoms with E-state index >= 15 is 0 Å². The molecule has 0 saturated heterocycles. The Morgan fingerprint density at radius 2 is 2.06 bits per heavy atom. The molecule has 1 saturated carbocycles. The first kappa shape index (κ1) is 12.0. The fourth-order valence-corrected chi connectivity index (χ4v) is 2.04. The lowest BCUT2D eigenvalue weighted by atomic mass is 9.94. The molecule has 3 nitrogen and oxygen atoms in total. The molecular weight excluding hydrogens is 216 g/mol. The van der Waals surface area contributed by atoms with Crippen LogP contribution in [0.15, 0.2) is 24.3 Å². The van der Waals surface area contributed by atoms with E-state index < -0.39 is 5.97 Å². The maximum atomic E-state index is 11.2. The average Bonchev–Trinajstić information content (AvgIpc) is 3.12. The summed E-state index contributed by atoms with van der Waals surface area (Å²) in [6.07, 6.45) is 3.04. The molecule has 1 aliphatic carbocycles. The van der Waals surface area contributed by atoms with Crippen LogP contribution in [-0.2, 0) is 4.79 Å². The second-order valence-electron chi connectivity index (χ2n) is 4.57. The van der Waals surface area contributed by atoms with Crippen LogP contribution in [0.3, 0.4) is 0 Å². The summed E-state index contributed by atoms with van der Waals surface area (Å²) >= 11 is 0. The SMILES string of the molecule is CCCOc1ccc(C(C(=O)O)C2CC2)cc1. The molecule has 1 N–H and O–H groups in total. The Labute approximate surface area is 101 Å². The molecule has 1 aromatic rings. The number of ether oxygens (including phenoxy) is 1. The number of hydrogen-bond acceptors (Lipinski definition) is 2. The Kier molecular flexibility index (Phi) is 3.67. The van der Waals surface area contributed by atoms with Crippen molar-refractivity contribution in [2.45, 2.75) is 32.1 Å². The van der Waals surface area contributed by atoms with Gasteiger partial charge in [-0.05, 0) is 42.9 Å². The maximum absolute atomic E-state index is 11.2. The molecule has 0 radical (unpaired) electrons. The van der Waals surface area contributed by atoms with Gasteiger partial charge in [0.1, 0.15) is 5.75 Å². The lowest BCUT2D eigenvalue weighted by Gasteiger charge is -2.12. The smallest absolute Gasteiger partial charge is 0.311 e. The van der Waals surface area contributed by atoms with Crippen molar-refractivity contribution in [3.63, 3.8) is 0 Å². The third-order valence-electron chi connectivity index (χ3n) is 3.07. The fourth-order valence-electron chi connectivity index (χ4n) is 2.04. The molecule has 1 fully saturated rings. The Bertz CT molecular complexity index is 379. The van der Waals surface area contributed by atoms with E-state index in [9.17, 15) is 9.90 Å². The second kappa shape index (κ2) is 5.21. The highest BCUT2D eigenvalue weighted by Crippen LogP contribution is 2.42. The van der Waals surface area contributed by atoms with Gasteiger partial charge in [-0.3, -0.25) is 4.79 Å². The van der Waals surface area contributed by atoms with Gasteiger partial charge in [-0.2, -0.15) is 0 Å². The number of hydrogen-bond donors (Lipinski definition) is 1. The first-order valence-corrected chi connectivity index (χ1v) is 6.18. The highest BCUT2D eigenvalue weighted by Gasteiger charge is 2.37. The van der Waals surface area contributed by atoms with Crippen molar-refractivity contribution in [3.8, 4) is 5.75 Å². The number of aliphatic carboxylic acids is 1. The Balaban J connectivity index is 2.07. The van der Waals surface area contributed by atoms with E-state index in [1.807, 2.05) is 24.3 Å². The van der Waals surface area contributed by atoms with Gasteiger partial charge in [0.25, 0.3) is 0 Å². The first-order chi connectivity index (χ1) is 8.22. The van der Waals surface area contributed by atoms with Crippen LogP contribution in [0.5, 0.6) is 5.75 Å². The third-order valence-corrected chi connectivity index (χ3v) is 3.07. The Morgan fingerprint density at radius 3 is 2.53 bits per heavy atom. The quantitative estimate of drug-likeness (QED) is 0.822. The van der Waals surface area contributed by atoms with E-state index in [2.05, 4.69) is 6.92 Å². The summed E-state index contributed by atoms with van der Waals surface area (Å²) in [5, 5.41) is 9.22. The van der Waals surface area contributed by atoms with Crippen LogP contribution in [0.4, 0.5) is 0 Å². The summed E-state index contributed by atoms with van der Waals surface area (Å²) in [6, 6.07) is 7.48. The van der Waals surface area contributed by atoms with E-state index in [1.54, 1.807) is 0 Å². The second-order valence-corrected chi connectivity index (χ2v) is 4.57. The van der Waals surface area contributed by atoms with Crippen molar-refractivity contribution in [3.05, 3.63) is 29.8 Å². The Morgan fingerprint density at radius 1 is 1.41 bits per heavy atom. The van der Waals surface area contributed by atoms with Gasteiger partial charge in [0, 0.05) is 0 Å². The van der Waals surface area contributed by atoms with Crippen LogP contribution in [0.25, 0.3) is 0 Å². The minimum absolute atomic E-state index is 0.329. The largest absolute Gasteiger partial charge is 0.494 e. The summed E-state index contributed by atoms with van der Waals surface area (Å²) < 4.78 is 5.48. The van der Waals surface area contributed by atoms with Crippen molar-refractivity contribution in [1.29, 1.82) is 0 Å². The van der Waals surface area contributed by atoms with Gasteiger partial charge in [0.2, 0.25) is 0 Å². The lowest BCUT2D eigenvalue weighted by molar-refractivity contribution is -0.139. The summed E-state index contributed by atoms with van der Waals surface area (Å²) in [6.45, 7) is 2.76. The van der Waals surface area contributed by atoms with Crippen molar-refractivity contribution in [2.24, 2.45) is 5.92 Å². The minimum Gasteiger partial charge on any atom is -0.494 e. The van der Waals surface area contributed by atoms with Crippen molar-refractivity contribution in [1.82, 2.24) is 0 Å². The molecule has 1 aromatic carbocycles. The molecule has 1 atom stereocenters. The topological polar surface area (TPSA) is 46.5 Å². The van der Waals surface area contributed by atoms with Crippen LogP contribution >= 0.6 is 0 Å². The molecular formula is C14H18O3. The van der Waals surface area contributed by atoms with Gasteiger partial charge in [-0.25, -0.2) is 0 Å². The number of carboxylic acid groups (broad SMARTS) is 1. The normalized spacial score (nSPS) is 16.5. The summed E-state index contributed by atoms with van der Waals surface area (Å²) in [4.78, 5) is 11.2. The number of benzene rings is 1. The van der Waals surface area contributed by atoms with Gasteiger partial charge >= 0.3 is 5.97 Å². The number of rotatable bonds is 6. The lowest BCUT2D eigenvalue weighted by Crippen LogP contribution is -2.13. The van der Waals surface area contributed by atoms with E-state index in [-0.39, 0.29) is 5.92 Å². The van der Waals surface area contributed by atoms with Crippen LogP contribution < -0.4 is 4.74 Å². The van der Waals surface area contributed by atoms with Crippen molar-refractivity contribution in [2.75, 3.05) is 6.61 Å². The predicted octanol–water partition coefficient (Wildman–Crippen LogP) is 3.05. The molecule has 1 unspecified atom stereocenters. The highest BCUT2D eigenvalue weighted by molar-refractivity contribution is 5.77. The minimum atomic E-state index is -0.713. The summed E-state index contributed by atoms with van der Waals surface area (Å²) in [5.41, 5.74) is 0.892. The van der Waals surface area contributed by atoms with E-state index in [1.165, 1.54) is 0 Å². The molecule has 0 heterocycles. The molecule has 3 heteroatoms. The van der Waals surface area contributed by atoms with E-state index in [0.717, 1.165) is 30.6 Å². The molecule has 2 rings (SSSR count). The van der Waals surface area contributed by atoms with E-state index in [4.69, 9.17) is 4.74 Å². The molecule has 0 bridgehead atoms. The standard InChI is InChI=1S/C14H18O3/c1-2-9-17-12-7-5-11(6-8-12)13(14(15)16)10-3-4-10/h5-8,10,13H,2-4,9H2,1H3,(H,15,16). The van der Waals surface area contributed by atoms with Gasteiger partial charge in [-0.15, -0.1) is 0 Å². The maximum Gasteiger partial charge on any atom is 0.311 e. The third kappa shape index (κ3) is 2.99. The molecule has 92 valence electrons. The molecule has 0 amide bonds. The summed E-state index contributed by atoms with van der Waals surface area (Å²) in [5.74, 6) is 0.0930. The van der Waals surface area contributed by atoms with Gasteiger partial charge < -0.3 is 9.84 Å². The summed E-state index contributed by atoms with van der Waals surface area (Å²) in [7, 11) is 0. The van der Waals surface area contributed by atoms with Gasteiger partial charge in [0.15, 0.2) is 0 Å². The zero-order valence-corrected chi connectivity index (χ0v) is 10.1.